The van der Waals surface area contributed by atoms with Gasteiger partial charge in [-0.15, -0.1) is 11.8 Å². The van der Waals surface area contributed by atoms with Gasteiger partial charge in [0.15, 0.2) is 6.10 Å². The lowest BCUT2D eigenvalue weighted by Crippen LogP contribution is -2.29. The maximum Gasteiger partial charge on any atom is 0.339 e. The molecule has 2 unspecified atom stereocenters. The van der Waals surface area contributed by atoms with Crippen molar-refractivity contribution in [3.8, 4) is 16.9 Å². The summed E-state index contributed by atoms with van der Waals surface area (Å²) in [6.45, 7) is 8.46. The summed E-state index contributed by atoms with van der Waals surface area (Å²) in [5, 5.41) is 17.2. The number of carboxylic acids is 1. The van der Waals surface area contributed by atoms with Crippen molar-refractivity contribution < 1.29 is 19.4 Å². The molecule has 4 rings (SSSR count). The molecule has 0 aliphatic carbocycles. The fraction of sp³-hybridized carbons (Fsp3) is 0.500. The Morgan fingerprint density at radius 3 is 2.81 bits per heavy atom. The van der Waals surface area contributed by atoms with Crippen LogP contribution in [0.15, 0.2) is 23.6 Å². The fourth-order valence-corrected chi connectivity index (χ4v) is 5.31. The first-order chi connectivity index (χ1) is 14.7. The Labute approximate surface area is 187 Å². The van der Waals surface area contributed by atoms with E-state index >= 15 is 0 Å². The molecule has 0 spiro atoms. The first-order valence-electron chi connectivity index (χ1n) is 10.7. The van der Waals surface area contributed by atoms with Crippen LogP contribution >= 0.6 is 11.8 Å². The summed E-state index contributed by atoms with van der Waals surface area (Å²) < 4.78 is 13.6. The zero-order chi connectivity index (χ0) is 22.3. The van der Waals surface area contributed by atoms with Gasteiger partial charge in [0.25, 0.3) is 0 Å². The smallest absolute Gasteiger partial charge is 0.339 e. The Bertz CT molecular complexity index is 1030. The van der Waals surface area contributed by atoms with E-state index in [4.69, 9.17) is 14.6 Å². The van der Waals surface area contributed by atoms with E-state index in [2.05, 4.69) is 18.4 Å². The second-order valence-corrected chi connectivity index (χ2v) is 10.2. The van der Waals surface area contributed by atoms with Gasteiger partial charge in [0.2, 0.25) is 0 Å². The molecule has 0 saturated carbocycles. The van der Waals surface area contributed by atoms with Crippen LogP contribution in [0.5, 0.6) is 5.75 Å². The maximum atomic E-state index is 12.4. The first-order valence-corrected chi connectivity index (χ1v) is 11.6. The standard InChI is InChI=1S/C24H30N2O4S/c1-14-15-8-6-12-29-17(15)11-10-16(14)19-20(18-9-7-13-31-18)25-26(5)21(19)22(23(27)28)30-24(2,3)4/h7,10-11,13,18,22H,6,8-9,12H2,1-5H3,(H,27,28). The van der Waals surface area contributed by atoms with E-state index in [1.807, 2.05) is 40.0 Å². The molecule has 31 heavy (non-hydrogen) atoms. The van der Waals surface area contributed by atoms with E-state index in [0.29, 0.717) is 5.69 Å². The third-order valence-electron chi connectivity index (χ3n) is 5.71. The van der Waals surface area contributed by atoms with Gasteiger partial charge in [0.1, 0.15) is 5.75 Å². The average Bonchev–Trinajstić information content (AvgIpc) is 3.34. The molecule has 1 N–H and O–H groups in total. The number of fused-ring (bicyclic) bond motifs is 1. The van der Waals surface area contributed by atoms with E-state index in [9.17, 15) is 9.90 Å². The van der Waals surface area contributed by atoms with Gasteiger partial charge in [0, 0.05) is 12.6 Å². The van der Waals surface area contributed by atoms with Crippen LogP contribution in [-0.4, -0.2) is 33.1 Å². The molecule has 3 heterocycles. The number of aromatic nitrogens is 2. The van der Waals surface area contributed by atoms with Crippen molar-refractivity contribution in [2.24, 2.45) is 7.05 Å². The number of benzene rings is 1. The maximum absolute atomic E-state index is 12.4. The Morgan fingerprint density at radius 1 is 1.39 bits per heavy atom. The highest BCUT2D eigenvalue weighted by atomic mass is 32.2. The molecule has 0 amide bonds. The number of thioether (sulfide) groups is 1. The average molecular weight is 443 g/mol. The van der Waals surface area contributed by atoms with Crippen LogP contribution in [0.1, 0.15) is 67.5 Å². The van der Waals surface area contributed by atoms with Crippen LogP contribution in [-0.2, 0) is 23.0 Å². The lowest BCUT2D eigenvalue weighted by atomic mass is 9.89. The molecular formula is C24H30N2O4S. The highest BCUT2D eigenvalue weighted by Crippen LogP contribution is 2.47. The van der Waals surface area contributed by atoms with Gasteiger partial charge in [-0.1, -0.05) is 12.1 Å². The van der Waals surface area contributed by atoms with Crippen molar-refractivity contribution in [1.29, 1.82) is 0 Å². The fourth-order valence-electron chi connectivity index (χ4n) is 4.38. The van der Waals surface area contributed by atoms with E-state index < -0.39 is 17.7 Å². The van der Waals surface area contributed by atoms with Crippen molar-refractivity contribution in [2.75, 3.05) is 6.61 Å². The van der Waals surface area contributed by atoms with E-state index in [1.165, 1.54) is 5.56 Å². The first kappa shape index (κ1) is 22.0. The number of nitrogens with zero attached hydrogens (tertiary/aromatic N) is 2. The number of rotatable bonds is 5. The summed E-state index contributed by atoms with van der Waals surface area (Å²) in [5.74, 6) is -0.0843. The number of hydrogen-bond donors (Lipinski definition) is 1. The number of aryl methyl sites for hydroxylation is 1. The van der Waals surface area contributed by atoms with Crippen LogP contribution in [0.25, 0.3) is 11.1 Å². The predicted octanol–water partition coefficient (Wildman–Crippen LogP) is 5.35. The Morgan fingerprint density at radius 2 is 2.16 bits per heavy atom. The third kappa shape index (κ3) is 4.26. The highest BCUT2D eigenvalue weighted by Gasteiger charge is 2.36. The number of carbonyl (C=O) groups is 1. The quantitative estimate of drug-likeness (QED) is 0.673. The molecule has 1 aromatic carbocycles. The summed E-state index contributed by atoms with van der Waals surface area (Å²) in [4.78, 5) is 12.4. The van der Waals surface area contributed by atoms with Gasteiger partial charge >= 0.3 is 5.97 Å². The van der Waals surface area contributed by atoms with E-state index in [0.717, 1.165) is 54.0 Å². The summed E-state index contributed by atoms with van der Waals surface area (Å²) in [6.07, 6.45) is 3.84. The second kappa shape index (κ2) is 8.36. The zero-order valence-corrected chi connectivity index (χ0v) is 19.6. The Balaban J connectivity index is 1.94. The van der Waals surface area contributed by atoms with Crippen molar-refractivity contribution in [2.45, 2.75) is 63.9 Å². The molecule has 2 aromatic rings. The summed E-state index contributed by atoms with van der Waals surface area (Å²) in [5.41, 5.74) is 5.10. The lowest BCUT2D eigenvalue weighted by Gasteiger charge is -2.27. The topological polar surface area (TPSA) is 73.6 Å². The van der Waals surface area contributed by atoms with Crippen LogP contribution in [0.2, 0.25) is 0 Å². The van der Waals surface area contributed by atoms with Crippen molar-refractivity contribution in [3.05, 3.63) is 46.1 Å². The molecule has 0 saturated heterocycles. The van der Waals surface area contributed by atoms with Crippen molar-refractivity contribution in [1.82, 2.24) is 9.78 Å². The number of hydrogen-bond acceptors (Lipinski definition) is 5. The minimum atomic E-state index is -1.12. The molecule has 1 aromatic heterocycles. The van der Waals surface area contributed by atoms with Gasteiger partial charge in [-0.05, 0) is 75.1 Å². The monoisotopic (exact) mass is 442 g/mol. The lowest BCUT2D eigenvalue weighted by molar-refractivity contribution is -0.161. The molecule has 7 heteroatoms. The molecule has 2 atom stereocenters. The number of aliphatic carboxylic acids is 1. The van der Waals surface area contributed by atoms with Crippen molar-refractivity contribution in [3.63, 3.8) is 0 Å². The van der Waals surface area contributed by atoms with Gasteiger partial charge in [-0.3, -0.25) is 4.68 Å². The molecular weight excluding hydrogens is 412 g/mol. The van der Waals surface area contributed by atoms with E-state index in [-0.39, 0.29) is 5.25 Å². The Hall–Kier alpha value is -2.25. The van der Waals surface area contributed by atoms with Crippen LogP contribution < -0.4 is 4.74 Å². The molecule has 0 fully saturated rings. The Kier molecular flexibility index (Phi) is 5.92. The molecule has 0 bridgehead atoms. The van der Waals surface area contributed by atoms with Gasteiger partial charge in [-0.2, -0.15) is 5.10 Å². The van der Waals surface area contributed by atoms with Crippen LogP contribution in [0.3, 0.4) is 0 Å². The number of carboxylic acid groups (broad SMARTS) is 1. The highest BCUT2D eigenvalue weighted by molar-refractivity contribution is 8.02. The van der Waals surface area contributed by atoms with E-state index in [1.54, 1.807) is 16.4 Å². The summed E-state index contributed by atoms with van der Waals surface area (Å²) in [7, 11) is 1.81. The molecule has 6 nitrogen and oxygen atoms in total. The normalized spacial score (nSPS) is 19.2. The number of ether oxygens (including phenoxy) is 2. The van der Waals surface area contributed by atoms with Crippen molar-refractivity contribution >= 4 is 17.7 Å². The molecule has 2 aliphatic rings. The van der Waals surface area contributed by atoms with Gasteiger partial charge < -0.3 is 14.6 Å². The van der Waals surface area contributed by atoms with Crippen LogP contribution in [0.4, 0.5) is 0 Å². The van der Waals surface area contributed by atoms with Gasteiger partial charge in [0.05, 0.1) is 28.8 Å². The zero-order valence-electron chi connectivity index (χ0n) is 18.8. The summed E-state index contributed by atoms with van der Waals surface area (Å²) >= 11 is 1.72. The molecule has 0 radical (unpaired) electrons. The largest absolute Gasteiger partial charge is 0.493 e. The van der Waals surface area contributed by atoms with Gasteiger partial charge in [-0.25, -0.2) is 4.79 Å². The number of allylic oxidation sites excluding steroid dienone is 1. The second-order valence-electron chi connectivity index (χ2n) is 9.12. The SMILES string of the molecule is Cc1c(-c2c(C3CC=CS3)nn(C)c2C(OC(C)(C)C)C(=O)O)ccc2c1CCCO2. The molecule has 166 valence electrons. The van der Waals surface area contributed by atoms with Crippen LogP contribution in [0, 0.1) is 6.92 Å². The third-order valence-corrected chi connectivity index (χ3v) is 6.80. The minimum Gasteiger partial charge on any atom is -0.493 e. The molecule has 2 aliphatic heterocycles. The summed E-state index contributed by atoms with van der Waals surface area (Å²) in [6, 6.07) is 4.06. The predicted molar refractivity (Wildman–Crippen MR) is 123 cm³/mol. The minimum absolute atomic E-state index is 0.158.